The van der Waals surface area contributed by atoms with Crippen LogP contribution in [0.5, 0.6) is 0 Å². The highest BCUT2D eigenvalue weighted by Crippen LogP contribution is 2.19. The van der Waals surface area contributed by atoms with Gasteiger partial charge in [0.1, 0.15) is 23.1 Å². The van der Waals surface area contributed by atoms with Crippen molar-refractivity contribution in [2.24, 2.45) is 0 Å². The van der Waals surface area contributed by atoms with E-state index < -0.39 is 10.8 Å². The van der Waals surface area contributed by atoms with Crippen molar-refractivity contribution in [2.75, 3.05) is 0 Å². The minimum absolute atomic E-state index is 0.0861. The minimum atomic E-state index is -1.29. The van der Waals surface area contributed by atoms with Crippen LogP contribution >= 0.6 is 0 Å². The van der Waals surface area contributed by atoms with Crippen molar-refractivity contribution in [3.63, 3.8) is 0 Å². The molecule has 0 radical (unpaired) electrons. The van der Waals surface area contributed by atoms with Gasteiger partial charge in [-0.05, 0) is 25.5 Å². The molecule has 0 spiro atoms. The maximum absolute atomic E-state index is 13.6. The molecule has 0 bridgehead atoms. The van der Waals surface area contributed by atoms with Gasteiger partial charge in [0.25, 0.3) is 0 Å². The summed E-state index contributed by atoms with van der Waals surface area (Å²) in [5, 5.41) is 3.80. The molecule has 3 aromatic rings. The third-order valence-electron chi connectivity index (χ3n) is 3.14. The zero-order chi connectivity index (χ0) is 16.4. The van der Waals surface area contributed by atoms with Crippen molar-refractivity contribution in [3.05, 3.63) is 53.3 Å². The topological polar surface area (TPSA) is 82.0 Å². The van der Waals surface area contributed by atoms with Crippen LogP contribution < -0.4 is 0 Å². The molecular weight excluding hydrogens is 321 g/mol. The lowest BCUT2D eigenvalue weighted by Gasteiger charge is -1.97. The smallest absolute Gasteiger partial charge is 0.239 e. The summed E-state index contributed by atoms with van der Waals surface area (Å²) in [6, 6.07) is 4.69. The summed E-state index contributed by atoms with van der Waals surface area (Å²) in [5.41, 5.74) is 1.05. The van der Waals surface area contributed by atoms with Gasteiger partial charge in [0.05, 0.1) is 6.20 Å². The summed E-state index contributed by atoms with van der Waals surface area (Å²) >= 11 is 0. The van der Waals surface area contributed by atoms with Crippen molar-refractivity contribution in [2.45, 2.75) is 25.4 Å². The van der Waals surface area contributed by atoms with Crippen LogP contribution in [0.4, 0.5) is 4.39 Å². The number of benzene rings is 1. The first kappa shape index (κ1) is 15.5. The van der Waals surface area contributed by atoms with E-state index in [1.807, 2.05) is 0 Å². The predicted octanol–water partition coefficient (Wildman–Crippen LogP) is 2.93. The number of rotatable bonds is 5. The van der Waals surface area contributed by atoms with Gasteiger partial charge in [0.15, 0.2) is 0 Å². The number of oxazole rings is 1. The van der Waals surface area contributed by atoms with Crippen LogP contribution in [0.2, 0.25) is 0 Å². The molecule has 0 aliphatic heterocycles. The van der Waals surface area contributed by atoms with Crippen molar-refractivity contribution < 1.29 is 17.5 Å². The first-order valence-corrected chi connectivity index (χ1v) is 8.35. The van der Waals surface area contributed by atoms with Crippen LogP contribution in [0, 0.1) is 19.7 Å². The van der Waals surface area contributed by atoms with Crippen LogP contribution in [0.1, 0.15) is 23.1 Å². The predicted molar refractivity (Wildman–Crippen MR) is 81.2 cm³/mol. The summed E-state index contributed by atoms with van der Waals surface area (Å²) in [4.78, 5) is 8.15. The van der Waals surface area contributed by atoms with Crippen LogP contribution in [0.25, 0.3) is 11.4 Å². The quantitative estimate of drug-likeness (QED) is 0.713. The second-order valence-electron chi connectivity index (χ2n) is 5.07. The molecule has 0 saturated carbocycles. The van der Waals surface area contributed by atoms with E-state index in [2.05, 4.69) is 15.1 Å². The molecule has 23 heavy (non-hydrogen) atoms. The number of halogens is 1. The summed E-state index contributed by atoms with van der Waals surface area (Å²) in [7, 11) is -1.29. The molecule has 0 saturated heterocycles. The largest absolute Gasteiger partial charge is 0.445 e. The molecule has 1 atom stereocenters. The highest BCUT2D eigenvalue weighted by Gasteiger charge is 2.14. The van der Waals surface area contributed by atoms with Gasteiger partial charge >= 0.3 is 0 Å². The zero-order valence-electron chi connectivity index (χ0n) is 12.6. The van der Waals surface area contributed by atoms with E-state index in [0.29, 0.717) is 22.8 Å². The molecule has 6 nitrogen and oxygen atoms in total. The molecule has 0 unspecified atom stereocenters. The highest BCUT2D eigenvalue weighted by atomic mass is 32.2. The van der Waals surface area contributed by atoms with E-state index in [-0.39, 0.29) is 29.0 Å². The molecular formula is C15H14FN3O3S. The summed E-state index contributed by atoms with van der Waals surface area (Å²) in [6.45, 7) is 3.44. The molecule has 1 aromatic carbocycles. The van der Waals surface area contributed by atoms with Gasteiger partial charge in [-0.25, -0.2) is 9.37 Å². The second-order valence-corrected chi connectivity index (χ2v) is 6.53. The average molecular weight is 335 g/mol. The monoisotopic (exact) mass is 335 g/mol. The summed E-state index contributed by atoms with van der Waals surface area (Å²) < 4.78 is 36.0. The molecule has 8 heteroatoms. The van der Waals surface area contributed by atoms with Gasteiger partial charge in [0, 0.05) is 16.4 Å². The Hall–Kier alpha value is -2.35. The SMILES string of the molecule is Cc1cnc(C[S@](=O)Cc2nc(-c3ccc(C)c(F)c3)no2)o1. The standard InChI is InChI=1S/C15H14FN3O3S/c1-9-3-4-11(5-12(9)16)15-18-14(22-19-15)8-23(20)7-13-17-6-10(2)21-13/h3-6H,7-8H2,1-2H3/t23-/m0/s1. The average Bonchev–Trinajstić information content (AvgIpc) is 3.11. The minimum Gasteiger partial charge on any atom is -0.445 e. The third kappa shape index (κ3) is 3.70. The lowest BCUT2D eigenvalue weighted by molar-refractivity contribution is 0.390. The third-order valence-corrected chi connectivity index (χ3v) is 4.27. The Labute approximate surface area is 134 Å². The Balaban J connectivity index is 1.69. The van der Waals surface area contributed by atoms with E-state index in [9.17, 15) is 8.60 Å². The van der Waals surface area contributed by atoms with Gasteiger partial charge in [-0.2, -0.15) is 4.98 Å². The molecule has 2 heterocycles. The van der Waals surface area contributed by atoms with Crippen LogP contribution in [0.3, 0.4) is 0 Å². The molecule has 2 aromatic heterocycles. The van der Waals surface area contributed by atoms with Gasteiger partial charge in [-0.3, -0.25) is 4.21 Å². The van der Waals surface area contributed by atoms with Crippen molar-refractivity contribution >= 4 is 10.8 Å². The van der Waals surface area contributed by atoms with Crippen LogP contribution in [-0.2, 0) is 22.3 Å². The van der Waals surface area contributed by atoms with Crippen LogP contribution in [0.15, 0.2) is 33.3 Å². The number of aromatic nitrogens is 3. The van der Waals surface area contributed by atoms with E-state index >= 15 is 0 Å². The fourth-order valence-electron chi connectivity index (χ4n) is 1.96. The van der Waals surface area contributed by atoms with Crippen molar-refractivity contribution in [3.8, 4) is 11.4 Å². The Morgan fingerprint density at radius 2 is 2.00 bits per heavy atom. The molecule has 0 N–H and O–H groups in total. The van der Waals surface area contributed by atoms with E-state index in [4.69, 9.17) is 8.94 Å². The van der Waals surface area contributed by atoms with Gasteiger partial charge in [-0.15, -0.1) is 0 Å². The Bertz CT molecular complexity index is 859. The fraction of sp³-hybridized carbons (Fsp3) is 0.267. The maximum Gasteiger partial charge on any atom is 0.239 e. The van der Waals surface area contributed by atoms with E-state index in [1.165, 1.54) is 6.07 Å². The first-order valence-electron chi connectivity index (χ1n) is 6.86. The number of hydrogen-bond acceptors (Lipinski definition) is 6. The normalized spacial score (nSPS) is 12.5. The Morgan fingerprint density at radius 1 is 1.22 bits per heavy atom. The van der Waals surface area contributed by atoms with Gasteiger partial charge < -0.3 is 8.94 Å². The summed E-state index contributed by atoms with van der Waals surface area (Å²) in [6.07, 6.45) is 1.57. The second kappa shape index (κ2) is 6.41. The van der Waals surface area contributed by atoms with Crippen molar-refractivity contribution in [1.29, 1.82) is 0 Å². The van der Waals surface area contributed by atoms with E-state index in [1.54, 1.807) is 32.2 Å². The lowest BCUT2D eigenvalue weighted by atomic mass is 10.1. The number of aryl methyl sites for hydroxylation is 2. The Kier molecular flexibility index (Phi) is 4.33. The van der Waals surface area contributed by atoms with E-state index in [0.717, 1.165) is 0 Å². The molecule has 0 fully saturated rings. The van der Waals surface area contributed by atoms with Gasteiger partial charge in [0.2, 0.25) is 17.6 Å². The number of nitrogens with zero attached hydrogens (tertiary/aromatic N) is 3. The first-order chi connectivity index (χ1) is 11.0. The summed E-state index contributed by atoms with van der Waals surface area (Å²) in [5.74, 6) is 1.48. The molecule has 3 rings (SSSR count). The fourth-order valence-corrected chi connectivity index (χ4v) is 2.86. The molecule has 120 valence electrons. The van der Waals surface area contributed by atoms with Gasteiger partial charge in [-0.1, -0.05) is 17.3 Å². The van der Waals surface area contributed by atoms with Crippen molar-refractivity contribution in [1.82, 2.24) is 15.1 Å². The molecule has 0 amide bonds. The lowest BCUT2D eigenvalue weighted by Crippen LogP contribution is -2.00. The number of hydrogen-bond donors (Lipinski definition) is 0. The highest BCUT2D eigenvalue weighted by molar-refractivity contribution is 7.83. The maximum atomic E-state index is 13.6. The van der Waals surface area contributed by atoms with Crippen LogP contribution in [-0.4, -0.2) is 19.3 Å². The molecule has 0 aliphatic carbocycles. The Morgan fingerprint density at radius 3 is 2.70 bits per heavy atom. The molecule has 0 aliphatic rings. The zero-order valence-corrected chi connectivity index (χ0v) is 13.4.